The number of benzene rings is 2. The summed E-state index contributed by atoms with van der Waals surface area (Å²) in [7, 11) is 1.64. The molecule has 0 heterocycles. The van der Waals surface area contributed by atoms with E-state index in [2.05, 4.69) is 10.6 Å². The van der Waals surface area contributed by atoms with Gasteiger partial charge >= 0.3 is 0 Å². The second-order valence-electron chi connectivity index (χ2n) is 6.41. The predicted octanol–water partition coefficient (Wildman–Crippen LogP) is 3.80. The van der Waals surface area contributed by atoms with E-state index in [9.17, 15) is 10.1 Å². The van der Waals surface area contributed by atoms with Gasteiger partial charge in [-0.05, 0) is 49.9 Å². The second kappa shape index (κ2) is 9.44. The van der Waals surface area contributed by atoms with Crippen LogP contribution in [-0.2, 0) is 11.2 Å². The van der Waals surface area contributed by atoms with Gasteiger partial charge in [-0.15, -0.1) is 0 Å². The van der Waals surface area contributed by atoms with Crippen molar-refractivity contribution < 1.29 is 9.53 Å². The number of carbonyl (C=O) groups excluding carboxylic acids is 1. The first-order valence-electron chi connectivity index (χ1n) is 8.81. The van der Waals surface area contributed by atoms with Crippen molar-refractivity contribution in [1.29, 1.82) is 5.26 Å². The van der Waals surface area contributed by atoms with Crippen LogP contribution < -0.4 is 15.4 Å². The molecular formula is C22H25N3O2. The number of methoxy groups -OCH3 is 1. The summed E-state index contributed by atoms with van der Waals surface area (Å²) in [5.41, 5.74) is 4.94. The highest BCUT2D eigenvalue weighted by atomic mass is 16.5. The first kappa shape index (κ1) is 20.1. The number of nitriles is 1. The summed E-state index contributed by atoms with van der Waals surface area (Å²) in [6, 6.07) is 13.7. The van der Waals surface area contributed by atoms with E-state index < -0.39 is 5.91 Å². The highest BCUT2D eigenvalue weighted by Crippen LogP contribution is 2.22. The average Bonchev–Trinajstić information content (AvgIpc) is 2.64. The van der Waals surface area contributed by atoms with Crippen LogP contribution in [0, 0.1) is 32.1 Å². The van der Waals surface area contributed by atoms with Crippen LogP contribution in [-0.4, -0.2) is 19.6 Å². The zero-order chi connectivity index (χ0) is 19.8. The molecule has 1 amide bonds. The van der Waals surface area contributed by atoms with E-state index in [1.807, 2.05) is 63.2 Å². The highest BCUT2D eigenvalue weighted by molar-refractivity contribution is 6.07. The fourth-order valence-electron chi connectivity index (χ4n) is 3.00. The zero-order valence-electron chi connectivity index (χ0n) is 16.2. The molecule has 0 saturated carbocycles. The van der Waals surface area contributed by atoms with Crippen molar-refractivity contribution in [2.75, 3.05) is 19.0 Å². The van der Waals surface area contributed by atoms with E-state index in [-0.39, 0.29) is 5.57 Å². The summed E-state index contributed by atoms with van der Waals surface area (Å²) in [5.74, 6) is 0.407. The highest BCUT2D eigenvalue weighted by Gasteiger charge is 2.12. The number of amides is 1. The number of hydrogen-bond donors (Lipinski definition) is 2. The molecule has 2 rings (SSSR count). The number of nitrogens with zero attached hydrogens (tertiary/aromatic N) is 1. The number of anilines is 1. The zero-order valence-corrected chi connectivity index (χ0v) is 16.2. The molecule has 0 saturated heterocycles. The van der Waals surface area contributed by atoms with Gasteiger partial charge in [0, 0.05) is 18.4 Å². The number of ether oxygens (including phenoxy) is 1. The molecule has 2 N–H and O–H groups in total. The monoisotopic (exact) mass is 363 g/mol. The first-order valence-corrected chi connectivity index (χ1v) is 8.81. The SMILES string of the molecule is COc1ccccc1CCN/C=C(/C#N)C(=O)Nc1c(C)cc(C)cc1C. The van der Waals surface area contributed by atoms with Gasteiger partial charge in [-0.25, -0.2) is 0 Å². The fraction of sp³-hybridized carbons (Fsp3) is 0.273. The van der Waals surface area contributed by atoms with Crippen molar-refractivity contribution in [3.63, 3.8) is 0 Å². The maximum Gasteiger partial charge on any atom is 0.267 e. The Morgan fingerprint density at radius 1 is 1.19 bits per heavy atom. The Balaban J connectivity index is 2.00. The van der Waals surface area contributed by atoms with Gasteiger partial charge in [0.25, 0.3) is 5.91 Å². The van der Waals surface area contributed by atoms with Gasteiger partial charge in [0.15, 0.2) is 0 Å². The van der Waals surface area contributed by atoms with Crippen LogP contribution in [0.15, 0.2) is 48.2 Å². The van der Waals surface area contributed by atoms with Crippen molar-refractivity contribution in [1.82, 2.24) is 5.32 Å². The van der Waals surface area contributed by atoms with Crippen molar-refractivity contribution in [2.24, 2.45) is 0 Å². The Labute approximate surface area is 160 Å². The normalized spacial score (nSPS) is 10.9. The molecule has 0 spiro atoms. The maximum atomic E-state index is 12.4. The molecule has 140 valence electrons. The Kier molecular flexibility index (Phi) is 7.01. The molecule has 0 fully saturated rings. The minimum absolute atomic E-state index is 0.0365. The van der Waals surface area contributed by atoms with E-state index in [0.717, 1.165) is 40.1 Å². The summed E-state index contributed by atoms with van der Waals surface area (Å²) < 4.78 is 5.32. The van der Waals surface area contributed by atoms with Crippen LogP contribution in [0.25, 0.3) is 0 Å². The summed E-state index contributed by atoms with van der Waals surface area (Å²) >= 11 is 0. The Morgan fingerprint density at radius 3 is 2.48 bits per heavy atom. The lowest BCUT2D eigenvalue weighted by atomic mass is 10.0. The molecule has 0 bridgehead atoms. The van der Waals surface area contributed by atoms with E-state index in [1.165, 1.54) is 6.20 Å². The number of nitrogens with one attached hydrogen (secondary N) is 2. The number of hydrogen-bond acceptors (Lipinski definition) is 4. The molecule has 0 unspecified atom stereocenters. The second-order valence-corrected chi connectivity index (χ2v) is 6.41. The molecule has 5 heteroatoms. The predicted molar refractivity (Wildman–Crippen MR) is 108 cm³/mol. The molecule has 0 aliphatic rings. The van der Waals surface area contributed by atoms with Gasteiger partial charge in [-0.3, -0.25) is 4.79 Å². The van der Waals surface area contributed by atoms with Crippen molar-refractivity contribution in [3.8, 4) is 11.8 Å². The summed E-state index contributed by atoms with van der Waals surface area (Å²) in [5, 5.41) is 15.2. The van der Waals surface area contributed by atoms with Crippen LogP contribution in [0.4, 0.5) is 5.69 Å². The lowest BCUT2D eigenvalue weighted by molar-refractivity contribution is -0.112. The molecule has 0 atom stereocenters. The van der Waals surface area contributed by atoms with Gasteiger partial charge in [-0.2, -0.15) is 5.26 Å². The molecule has 0 aliphatic heterocycles. The van der Waals surface area contributed by atoms with Crippen LogP contribution in [0.3, 0.4) is 0 Å². The smallest absolute Gasteiger partial charge is 0.267 e. The Hall–Kier alpha value is -3.26. The molecular weight excluding hydrogens is 338 g/mol. The molecule has 27 heavy (non-hydrogen) atoms. The summed E-state index contributed by atoms with van der Waals surface area (Å²) in [4.78, 5) is 12.4. The molecule has 5 nitrogen and oxygen atoms in total. The van der Waals surface area contributed by atoms with Crippen LogP contribution >= 0.6 is 0 Å². The van der Waals surface area contributed by atoms with Gasteiger partial charge in [0.05, 0.1) is 7.11 Å². The van der Waals surface area contributed by atoms with E-state index in [4.69, 9.17) is 4.74 Å². The molecule has 2 aromatic rings. The quantitative estimate of drug-likeness (QED) is 0.446. The van der Waals surface area contributed by atoms with Crippen molar-refractivity contribution in [3.05, 3.63) is 70.4 Å². The van der Waals surface area contributed by atoms with Crippen molar-refractivity contribution in [2.45, 2.75) is 27.2 Å². The number of rotatable bonds is 7. The first-order chi connectivity index (χ1) is 13.0. The van der Waals surface area contributed by atoms with E-state index in [1.54, 1.807) is 7.11 Å². The lowest BCUT2D eigenvalue weighted by Gasteiger charge is -2.12. The van der Waals surface area contributed by atoms with E-state index in [0.29, 0.717) is 6.54 Å². The summed E-state index contributed by atoms with van der Waals surface area (Å²) in [6.45, 7) is 6.48. The van der Waals surface area contributed by atoms with Crippen LogP contribution in [0.1, 0.15) is 22.3 Å². The van der Waals surface area contributed by atoms with Gasteiger partial charge in [0.1, 0.15) is 17.4 Å². The number of carbonyl (C=O) groups is 1. The fourth-order valence-corrected chi connectivity index (χ4v) is 3.00. The Morgan fingerprint density at radius 2 is 1.85 bits per heavy atom. The number of aryl methyl sites for hydroxylation is 3. The molecule has 2 aromatic carbocycles. The minimum atomic E-state index is -0.419. The van der Waals surface area contributed by atoms with Crippen LogP contribution in [0.2, 0.25) is 0 Å². The maximum absolute atomic E-state index is 12.4. The average molecular weight is 363 g/mol. The van der Waals surface area contributed by atoms with Gasteiger partial charge in [-0.1, -0.05) is 35.9 Å². The minimum Gasteiger partial charge on any atom is -0.496 e. The van der Waals surface area contributed by atoms with Gasteiger partial charge in [0.2, 0.25) is 0 Å². The van der Waals surface area contributed by atoms with Crippen LogP contribution in [0.5, 0.6) is 5.75 Å². The molecule has 0 radical (unpaired) electrons. The standard InChI is InChI=1S/C22H25N3O2/c1-15-11-16(2)21(17(3)12-15)25-22(26)19(13-23)14-24-10-9-18-7-5-6-8-20(18)27-4/h5-8,11-12,14,24H,9-10H2,1-4H3,(H,25,26)/b19-14-. The third-order valence-corrected chi connectivity index (χ3v) is 4.26. The van der Waals surface area contributed by atoms with E-state index >= 15 is 0 Å². The topological polar surface area (TPSA) is 74.1 Å². The molecule has 0 aliphatic carbocycles. The number of para-hydroxylation sites is 1. The third-order valence-electron chi connectivity index (χ3n) is 4.26. The molecule has 0 aromatic heterocycles. The van der Waals surface area contributed by atoms with Crippen molar-refractivity contribution >= 4 is 11.6 Å². The van der Waals surface area contributed by atoms with Gasteiger partial charge < -0.3 is 15.4 Å². The Bertz CT molecular complexity index is 872. The largest absolute Gasteiger partial charge is 0.496 e. The lowest BCUT2D eigenvalue weighted by Crippen LogP contribution is -2.19. The summed E-state index contributed by atoms with van der Waals surface area (Å²) in [6.07, 6.45) is 2.18. The third kappa shape index (κ3) is 5.35.